The van der Waals surface area contributed by atoms with Gasteiger partial charge in [-0.15, -0.1) is 0 Å². The number of carbonyl (C=O) groups excluding carboxylic acids is 1. The largest absolute Gasteiger partial charge is 0.497 e. The van der Waals surface area contributed by atoms with Crippen LogP contribution in [0.2, 0.25) is 0 Å². The third-order valence-corrected chi connectivity index (χ3v) is 4.66. The molecule has 1 aliphatic heterocycles. The highest BCUT2D eigenvalue weighted by atomic mass is 19.1. The molecule has 0 aliphatic carbocycles. The Morgan fingerprint density at radius 1 is 0.939 bits per heavy atom. The van der Waals surface area contributed by atoms with Crippen LogP contribution in [0.1, 0.15) is 19.3 Å². The van der Waals surface area contributed by atoms with E-state index in [2.05, 4.69) is 5.32 Å². The van der Waals surface area contributed by atoms with Gasteiger partial charge in [-0.2, -0.15) is 0 Å². The summed E-state index contributed by atoms with van der Waals surface area (Å²) in [4.78, 5) is 41.5. The fourth-order valence-corrected chi connectivity index (χ4v) is 2.97. The van der Waals surface area contributed by atoms with Crippen LogP contribution in [-0.2, 0) is 4.79 Å². The monoisotopic (exact) mass is 465 g/mol. The molecule has 0 atom stereocenters. The second-order valence-corrected chi connectivity index (χ2v) is 6.91. The molecule has 0 bridgehead atoms. The molecule has 0 spiro atoms. The van der Waals surface area contributed by atoms with E-state index in [1.165, 1.54) is 18.6 Å². The molecule has 1 saturated heterocycles. The van der Waals surface area contributed by atoms with Gasteiger partial charge in [-0.1, -0.05) is 0 Å². The summed E-state index contributed by atoms with van der Waals surface area (Å²) in [6.07, 6.45) is 3.42. The van der Waals surface area contributed by atoms with E-state index in [-0.39, 0.29) is 18.3 Å². The lowest BCUT2D eigenvalue weighted by Crippen LogP contribution is -2.39. The maximum Gasteiger partial charge on any atom is 0.324 e. The summed E-state index contributed by atoms with van der Waals surface area (Å²) in [5.74, 6) is -1.35. The number of nitrogens with zero attached hydrogens (tertiary/aromatic N) is 4. The van der Waals surface area contributed by atoms with Crippen LogP contribution < -0.4 is 5.32 Å². The molecule has 33 heavy (non-hydrogen) atoms. The lowest BCUT2D eigenvalue weighted by molar-refractivity contribution is -0.404. The van der Waals surface area contributed by atoms with E-state index >= 15 is 0 Å². The van der Waals surface area contributed by atoms with E-state index in [0.717, 1.165) is 31.6 Å². The van der Waals surface area contributed by atoms with Gasteiger partial charge in [0.25, 0.3) is 11.4 Å². The normalized spacial score (nSPS) is 12.8. The van der Waals surface area contributed by atoms with E-state index in [0.29, 0.717) is 12.1 Å². The Balaban J connectivity index is 0.000000234. The SMILES string of the molecule is O=C(CNc1ccc(F)cc1)N1CCCCC1.O=[N+]([O-])c1cc([N+](=O)[O-])c(O)c([N+](=O)[O-])c1. The Morgan fingerprint density at radius 3 is 1.91 bits per heavy atom. The average Bonchev–Trinajstić information content (AvgIpc) is 2.79. The molecule has 1 aliphatic rings. The molecule has 1 amide bonds. The van der Waals surface area contributed by atoms with Crippen LogP contribution in [0, 0.1) is 36.2 Å². The lowest BCUT2D eigenvalue weighted by atomic mass is 10.1. The highest BCUT2D eigenvalue weighted by Crippen LogP contribution is 2.38. The zero-order valence-electron chi connectivity index (χ0n) is 17.2. The number of benzene rings is 2. The number of anilines is 1. The van der Waals surface area contributed by atoms with Gasteiger partial charge in [0.05, 0.1) is 33.4 Å². The van der Waals surface area contributed by atoms with Gasteiger partial charge >= 0.3 is 11.4 Å². The van der Waals surface area contributed by atoms with Crippen molar-refractivity contribution in [2.75, 3.05) is 25.0 Å². The maximum atomic E-state index is 12.7. The quantitative estimate of drug-likeness (QED) is 0.477. The lowest BCUT2D eigenvalue weighted by Gasteiger charge is -2.26. The van der Waals surface area contributed by atoms with Gasteiger partial charge < -0.3 is 15.3 Å². The Morgan fingerprint density at radius 2 is 1.45 bits per heavy atom. The number of rotatable bonds is 6. The number of halogens is 1. The van der Waals surface area contributed by atoms with Crippen LogP contribution in [0.3, 0.4) is 0 Å². The van der Waals surface area contributed by atoms with Gasteiger partial charge in [0, 0.05) is 18.8 Å². The molecule has 1 fully saturated rings. The molecule has 3 rings (SSSR count). The number of amides is 1. The van der Waals surface area contributed by atoms with Crippen LogP contribution >= 0.6 is 0 Å². The number of piperidine rings is 1. The van der Waals surface area contributed by atoms with Gasteiger partial charge in [0.15, 0.2) is 0 Å². The number of carbonyl (C=O) groups is 1. The molecule has 2 aromatic carbocycles. The van der Waals surface area contributed by atoms with E-state index in [4.69, 9.17) is 5.11 Å². The minimum atomic E-state index is -1.21. The second kappa shape index (κ2) is 11.3. The van der Waals surface area contributed by atoms with Crippen LogP contribution in [0.4, 0.5) is 27.1 Å². The number of hydrogen-bond acceptors (Lipinski definition) is 9. The number of aromatic hydroxyl groups is 1. The van der Waals surface area contributed by atoms with Crippen molar-refractivity contribution in [3.05, 3.63) is 72.6 Å². The van der Waals surface area contributed by atoms with E-state index < -0.39 is 37.6 Å². The Kier molecular flexibility index (Phi) is 8.54. The molecule has 2 N–H and O–H groups in total. The summed E-state index contributed by atoms with van der Waals surface area (Å²) >= 11 is 0. The summed E-state index contributed by atoms with van der Waals surface area (Å²) in [5.41, 5.74) is -2.23. The fraction of sp³-hybridized carbons (Fsp3) is 0.316. The standard InChI is InChI=1S/C13H17FN2O.C6H3N3O7/c14-11-4-6-12(7-5-11)15-10-13(17)16-8-2-1-3-9-16;10-6-4(8(13)14)1-3(7(11)12)2-5(6)9(15)16/h4-7,15H,1-3,8-10H2;1-2,10H. The number of phenols is 1. The minimum Gasteiger partial charge on any atom is -0.497 e. The fourth-order valence-electron chi connectivity index (χ4n) is 2.97. The molecule has 0 unspecified atom stereocenters. The van der Waals surface area contributed by atoms with Crippen molar-refractivity contribution in [1.29, 1.82) is 0 Å². The smallest absolute Gasteiger partial charge is 0.324 e. The van der Waals surface area contributed by atoms with Gasteiger partial charge in [-0.05, 0) is 43.5 Å². The van der Waals surface area contributed by atoms with E-state index in [1.807, 2.05) is 4.90 Å². The predicted octanol–water partition coefficient (Wildman–Crippen LogP) is 3.37. The zero-order valence-corrected chi connectivity index (χ0v) is 17.2. The Hall–Kier alpha value is -4.36. The van der Waals surface area contributed by atoms with Crippen LogP contribution in [0.5, 0.6) is 5.75 Å². The second-order valence-electron chi connectivity index (χ2n) is 6.91. The first kappa shape index (κ1) is 24.9. The van der Waals surface area contributed by atoms with Gasteiger partial charge in [0.1, 0.15) is 5.82 Å². The first-order valence-electron chi connectivity index (χ1n) is 9.67. The van der Waals surface area contributed by atoms with Crippen molar-refractivity contribution in [3.63, 3.8) is 0 Å². The van der Waals surface area contributed by atoms with Crippen molar-refractivity contribution in [2.24, 2.45) is 0 Å². The maximum absolute atomic E-state index is 12.7. The van der Waals surface area contributed by atoms with Gasteiger partial charge in [-0.25, -0.2) is 4.39 Å². The van der Waals surface area contributed by atoms with Crippen molar-refractivity contribution in [1.82, 2.24) is 4.90 Å². The summed E-state index contributed by atoms with van der Waals surface area (Å²) in [6, 6.07) is 6.93. The van der Waals surface area contributed by atoms with Crippen molar-refractivity contribution in [2.45, 2.75) is 19.3 Å². The number of nitro groups is 3. The number of likely N-dealkylation sites (tertiary alicyclic amines) is 1. The summed E-state index contributed by atoms with van der Waals surface area (Å²) in [6.45, 7) is 2.01. The van der Waals surface area contributed by atoms with Gasteiger partial charge in [0.2, 0.25) is 5.91 Å². The topological polar surface area (TPSA) is 182 Å². The average molecular weight is 465 g/mol. The minimum absolute atomic E-state index is 0.119. The summed E-state index contributed by atoms with van der Waals surface area (Å²) < 4.78 is 12.7. The molecular formula is C19H20FN5O8. The molecule has 1 heterocycles. The molecular weight excluding hydrogens is 445 g/mol. The third kappa shape index (κ3) is 7.09. The highest BCUT2D eigenvalue weighted by Gasteiger charge is 2.30. The molecule has 176 valence electrons. The van der Waals surface area contributed by atoms with Gasteiger partial charge in [-0.3, -0.25) is 35.1 Å². The number of nitrogens with one attached hydrogen (secondary N) is 1. The predicted molar refractivity (Wildman–Crippen MR) is 113 cm³/mol. The van der Waals surface area contributed by atoms with Crippen molar-refractivity contribution in [3.8, 4) is 5.75 Å². The molecule has 14 heteroatoms. The van der Waals surface area contributed by atoms with Crippen LogP contribution in [-0.4, -0.2) is 50.3 Å². The van der Waals surface area contributed by atoms with Crippen molar-refractivity contribution >= 4 is 28.7 Å². The molecule has 13 nitrogen and oxygen atoms in total. The Bertz CT molecular complexity index is 1010. The third-order valence-electron chi connectivity index (χ3n) is 4.66. The first-order chi connectivity index (χ1) is 15.6. The van der Waals surface area contributed by atoms with Crippen molar-refractivity contribution < 1.29 is 29.1 Å². The Labute approximate surface area is 185 Å². The molecule has 0 radical (unpaired) electrons. The zero-order chi connectivity index (χ0) is 24.5. The molecule has 0 saturated carbocycles. The van der Waals surface area contributed by atoms with Crippen LogP contribution in [0.25, 0.3) is 0 Å². The first-order valence-corrected chi connectivity index (χ1v) is 9.67. The number of phenolic OH excluding ortho intramolecular Hbond substituents is 1. The van der Waals surface area contributed by atoms with Crippen LogP contribution in [0.15, 0.2) is 36.4 Å². The van der Waals surface area contributed by atoms with E-state index in [9.17, 15) is 39.5 Å². The molecule has 0 aromatic heterocycles. The molecule has 2 aromatic rings. The highest BCUT2D eigenvalue weighted by molar-refractivity contribution is 5.80. The number of nitro benzene ring substituents is 3. The summed E-state index contributed by atoms with van der Waals surface area (Å²) in [5, 5.41) is 43.2. The van der Waals surface area contributed by atoms with E-state index in [1.54, 1.807) is 12.1 Å². The number of non-ortho nitro benzene ring substituents is 1. The summed E-state index contributed by atoms with van der Waals surface area (Å²) in [7, 11) is 0. The number of hydrogen-bond donors (Lipinski definition) is 2.